The Balaban J connectivity index is 2.87. The predicted octanol–water partition coefficient (Wildman–Crippen LogP) is 7.28. The van der Waals surface area contributed by atoms with Crippen molar-refractivity contribution in [1.82, 2.24) is 0 Å². The van der Waals surface area contributed by atoms with Crippen LogP contribution in [0.25, 0.3) is 0 Å². The van der Waals surface area contributed by atoms with Gasteiger partial charge in [-0.15, -0.1) is 0 Å². The molecule has 1 N–H and O–H groups in total. The van der Waals surface area contributed by atoms with Crippen LogP contribution in [-0.2, 0) is 39.0 Å². The zero-order valence-electron chi connectivity index (χ0n) is 28.6. The summed E-state index contributed by atoms with van der Waals surface area (Å²) in [5.74, 6) is -3.14. The second kappa shape index (κ2) is 17.9. The third kappa shape index (κ3) is 12.1. The Morgan fingerprint density at radius 3 is 1.98 bits per heavy atom. The topological polar surface area (TPSA) is 116 Å². The number of methoxy groups -OCH3 is 2. The van der Waals surface area contributed by atoms with Crippen LogP contribution in [0.15, 0.2) is 30.3 Å². The lowest BCUT2D eigenvalue weighted by Crippen LogP contribution is -2.53. The normalized spacial score (nSPS) is 16.8. The standard InChI is InChI=1S/C35H53F3O8/c1-24(18-19-29(40)32(4,5)21-13-15-25(2)39)14-12-22-33(6,43)23-20-28(26(3)30(41)44-7)46-31(42)34(45-8,35(36,37)38)27-16-10-9-11-17-27/h9-11,16-17,24,26,28,43H,12-15,18-23H2,1-8H3/t24?,26-,28-,33-,34-/m1/s1. The zero-order valence-corrected chi connectivity index (χ0v) is 28.6. The molecule has 0 saturated heterocycles. The van der Waals surface area contributed by atoms with Gasteiger partial charge < -0.3 is 24.1 Å². The van der Waals surface area contributed by atoms with E-state index in [4.69, 9.17) is 14.2 Å². The number of rotatable bonds is 21. The van der Waals surface area contributed by atoms with Crippen LogP contribution in [0.2, 0.25) is 0 Å². The molecule has 0 aliphatic rings. The van der Waals surface area contributed by atoms with Crippen molar-refractivity contribution in [1.29, 1.82) is 0 Å². The van der Waals surface area contributed by atoms with Crippen molar-refractivity contribution in [3.8, 4) is 0 Å². The second-order valence-electron chi connectivity index (χ2n) is 13.4. The third-order valence-electron chi connectivity index (χ3n) is 8.89. The third-order valence-corrected chi connectivity index (χ3v) is 8.89. The van der Waals surface area contributed by atoms with E-state index in [0.29, 0.717) is 44.9 Å². The molecule has 262 valence electrons. The minimum atomic E-state index is -5.18. The number of hydrogen-bond acceptors (Lipinski definition) is 8. The van der Waals surface area contributed by atoms with Gasteiger partial charge in [0.2, 0.25) is 0 Å². The van der Waals surface area contributed by atoms with Crippen molar-refractivity contribution in [2.24, 2.45) is 17.3 Å². The molecule has 0 aromatic heterocycles. The van der Waals surface area contributed by atoms with Crippen LogP contribution >= 0.6 is 0 Å². The largest absolute Gasteiger partial charge is 0.469 e. The molecule has 11 heteroatoms. The fourth-order valence-corrected chi connectivity index (χ4v) is 5.54. The molecule has 1 aromatic carbocycles. The molecule has 5 atom stereocenters. The molecule has 1 rings (SSSR count). The van der Waals surface area contributed by atoms with Gasteiger partial charge in [-0.3, -0.25) is 9.59 Å². The molecule has 8 nitrogen and oxygen atoms in total. The Bertz CT molecular complexity index is 1130. The Hall–Kier alpha value is -2.79. The van der Waals surface area contributed by atoms with Crippen molar-refractivity contribution in [3.05, 3.63) is 35.9 Å². The smallest absolute Gasteiger partial charge is 0.432 e. The van der Waals surface area contributed by atoms with Crippen LogP contribution in [0.5, 0.6) is 0 Å². The van der Waals surface area contributed by atoms with E-state index >= 15 is 0 Å². The van der Waals surface area contributed by atoms with Crippen molar-refractivity contribution in [2.75, 3.05) is 14.2 Å². The van der Waals surface area contributed by atoms with Gasteiger partial charge in [-0.05, 0) is 65.2 Å². The maximum absolute atomic E-state index is 14.4. The van der Waals surface area contributed by atoms with Crippen LogP contribution in [0.1, 0.15) is 111 Å². The summed E-state index contributed by atoms with van der Waals surface area (Å²) in [4.78, 5) is 49.6. The molecular formula is C35H53F3O8. The van der Waals surface area contributed by atoms with Crippen molar-refractivity contribution in [2.45, 2.75) is 129 Å². The molecule has 1 aromatic rings. The monoisotopic (exact) mass is 658 g/mol. The summed E-state index contributed by atoms with van der Waals surface area (Å²) in [6.07, 6.45) is -1.97. The molecule has 0 radical (unpaired) electrons. The Morgan fingerprint density at radius 2 is 1.46 bits per heavy atom. The SMILES string of the molecule is COC(=O)[C@H](C)[C@@H](CC[C@](C)(O)CCCC(C)CCC(=O)C(C)(C)CCCC(C)=O)OC(=O)[C@](OC)(c1ccccc1)C(F)(F)F. The average Bonchev–Trinajstić information content (AvgIpc) is 2.97. The fourth-order valence-electron chi connectivity index (χ4n) is 5.54. The van der Waals surface area contributed by atoms with E-state index in [-0.39, 0.29) is 30.3 Å². The second-order valence-corrected chi connectivity index (χ2v) is 13.4. The van der Waals surface area contributed by atoms with E-state index in [1.807, 2.05) is 20.8 Å². The summed E-state index contributed by atoms with van der Waals surface area (Å²) in [6, 6.07) is 6.39. The number of carbonyl (C=O) groups excluding carboxylic acids is 4. The lowest BCUT2D eigenvalue weighted by Gasteiger charge is -2.35. The van der Waals surface area contributed by atoms with Gasteiger partial charge in [-0.1, -0.05) is 63.9 Å². The van der Waals surface area contributed by atoms with Gasteiger partial charge in [-0.2, -0.15) is 13.2 Å². The number of aliphatic hydroxyl groups is 1. The van der Waals surface area contributed by atoms with Crippen LogP contribution in [0.3, 0.4) is 0 Å². The minimum absolute atomic E-state index is 0.0327. The number of carbonyl (C=O) groups is 4. The highest BCUT2D eigenvalue weighted by Crippen LogP contribution is 2.43. The number of alkyl halides is 3. The zero-order chi connectivity index (χ0) is 35.3. The summed E-state index contributed by atoms with van der Waals surface area (Å²) in [7, 11) is 1.89. The molecule has 0 heterocycles. The number of ether oxygens (including phenoxy) is 3. The maximum Gasteiger partial charge on any atom is 0.432 e. The predicted molar refractivity (Wildman–Crippen MR) is 168 cm³/mol. The molecule has 0 spiro atoms. The van der Waals surface area contributed by atoms with E-state index in [1.54, 1.807) is 13.8 Å². The van der Waals surface area contributed by atoms with E-state index in [2.05, 4.69) is 0 Å². The summed E-state index contributed by atoms with van der Waals surface area (Å²) in [5.41, 5.74) is -5.66. The maximum atomic E-state index is 14.4. The molecule has 0 aliphatic carbocycles. The molecular weight excluding hydrogens is 605 g/mol. The molecule has 0 amide bonds. The minimum Gasteiger partial charge on any atom is -0.469 e. The molecule has 0 fully saturated rings. The highest BCUT2D eigenvalue weighted by molar-refractivity contribution is 5.84. The van der Waals surface area contributed by atoms with E-state index in [9.17, 15) is 37.5 Å². The highest BCUT2D eigenvalue weighted by atomic mass is 19.4. The van der Waals surface area contributed by atoms with E-state index in [1.165, 1.54) is 25.1 Å². The average molecular weight is 659 g/mol. The number of ketones is 2. The number of hydrogen-bond donors (Lipinski definition) is 1. The van der Waals surface area contributed by atoms with E-state index < -0.39 is 52.3 Å². The van der Waals surface area contributed by atoms with Crippen molar-refractivity contribution in [3.63, 3.8) is 0 Å². The number of benzene rings is 1. The Morgan fingerprint density at radius 1 is 0.848 bits per heavy atom. The molecule has 0 aliphatic heterocycles. The quantitative estimate of drug-likeness (QED) is 0.137. The van der Waals surface area contributed by atoms with Crippen LogP contribution < -0.4 is 0 Å². The van der Waals surface area contributed by atoms with Crippen LogP contribution in [0, 0.1) is 17.3 Å². The first kappa shape index (κ1) is 41.2. The van der Waals surface area contributed by atoms with Gasteiger partial charge in [0.25, 0.3) is 5.60 Å². The van der Waals surface area contributed by atoms with Crippen molar-refractivity contribution >= 4 is 23.5 Å². The van der Waals surface area contributed by atoms with Gasteiger partial charge in [0.1, 0.15) is 17.7 Å². The van der Waals surface area contributed by atoms with Gasteiger partial charge in [0.05, 0.1) is 18.6 Å². The Labute approximate surface area is 271 Å². The highest BCUT2D eigenvalue weighted by Gasteiger charge is 2.64. The molecule has 1 unspecified atom stereocenters. The van der Waals surface area contributed by atoms with Gasteiger partial charge in [0, 0.05) is 30.9 Å². The summed E-state index contributed by atoms with van der Waals surface area (Å²) in [6.45, 7) is 10.4. The van der Waals surface area contributed by atoms with Crippen LogP contribution in [-0.4, -0.2) is 60.7 Å². The van der Waals surface area contributed by atoms with Gasteiger partial charge >= 0.3 is 18.1 Å². The van der Waals surface area contributed by atoms with E-state index in [0.717, 1.165) is 32.8 Å². The summed E-state index contributed by atoms with van der Waals surface area (Å²) < 4.78 is 58.2. The number of Topliss-reactive ketones (excluding diaryl/α,β-unsaturated/α-hetero) is 2. The summed E-state index contributed by atoms with van der Waals surface area (Å²) in [5, 5.41) is 11.1. The lowest BCUT2D eigenvalue weighted by molar-refractivity contribution is -0.279. The molecule has 0 bridgehead atoms. The molecule has 46 heavy (non-hydrogen) atoms. The first-order valence-electron chi connectivity index (χ1n) is 16.0. The lowest BCUT2D eigenvalue weighted by atomic mass is 9.79. The summed E-state index contributed by atoms with van der Waals surface area (Å²) >= 11 is 0. The van der Waals surface area contributed by atoms with Gasteiger partial charge in [0.15, 0.2) is 0 Å². The molecule has 0 saturated carbocycles. The number of halogens is 3. The first-order valence-corrected chi connectivity index (χ1v) is 16.0. The Kier molecular flexibility index (Phi) is 16.1. The number of esters is 2. The van der Waals surface area contributed by atoms with Crippen LogP contribution in [0.4, 0.5) is 13.2 Å². The van der Waals surface area contributed by atoms with Crippen molar-refractivity contribution < 1.29 is 51.7 Å². The van der Waals surface area contributed by atoms with Gasteiger partial charge in [-0.25, -0.2) is 4.79 Å². The first-order chi connectivity index (χ1) is 21.2. The fraction of sp³-hybridized carbons (Fsp3) is 0.714.